The van der Waals surface area contributed by atoms with Crippen LogP contribution in [0.2, 0.25) is 0 Å². The highest BCUT2D eigenvalue weighted by molar-refractivity contribution is 5.62. The van der Waals surface area contributed by atoms with Crippen molar-refractivity contribution in [2.45, 2.75) is 13.0 Å². The smallest absolute Gasteiger partial charge is 0.142 e. The number of hydrogen-bond acceptors (Lipinski definition) is 3. The lowest BCUT2D eigenvalue weighted by Crippen LogP contribution is -2.51. The molecule has 0 aliphatic carbocycles. The maximum atomic E-state index is 5.75. The van der Waals surface area contributed by atoms with E-state index in [0.717, 1.165) is 32.1 Å². The van der Waals surface area contributed by atoms with Gasteiger partial charge in [-0.3, -0.25) is 0 Å². The molecule has 0 amide bonds. The van der Waals surface area contributed by atoms with Gasteiger partial charge in [-0.15, -0.1) is 0 Å². The van der Waals surface area contributed by atoms with Gasteiger partial charge < -0.3 is 14.4 Å². The first-order chi connectivity index (χ1) is 7.34. The first-order valence-electron chi connectivity index (χ1n) is 5.42. The SMILES string of the molecule is Cc1ccc2c(c1)OCC1COCCN21. The third kappa shape index (κ3) is 1.47. The van der Waals surface area contributed by atoms with E-state index in [1.165, 1.54) is 11.3 Å². The van der Waals surface area contributed by atoms with E-state index in [1.807, 2.05) is 0 Å². The van der Waals surface area contributed by atoms with Crippen LogP contribution in [0.15, 0.2) is 18.2 Å². The molecule has 3 rings (SSSR count). The van der Waals surface area contributed by atoms with Crippen molar-refractivity contribution >= 4 is 5.69 Å². The molecular weight excluding hydrogens is 190 g/mol. The lowest BCUT2D eigenvalue weighted by molar-refractivity contribution is 0.0705. The van der Waals surface area contributed by atoms with Crippen molar-refractivity contribution in [3.63, 3.8) is 0 Å². The van der Waals surface area contributed by atoms with Gasteiger partial charge in [-0.2, -0.15) is 0 Å². The summed E-state index contributed by atoms with van der Waals surface area (Å²) >= 11 is 0. The van der Waals surface area contributed by atoms with E-state index < -0.39 is 0 Å². The van der Waals surface area contributed by atoms with Gasteiger partial charge in [-0.05, 0) is 24.6 Å². The van der Waals surface area contributed by atoms with Crippen molar-refractivity contribution in [3.8, 4) is 5.75 Å². The predicted octanol–water partition coefficient (Wildman–Crippen LogP) is 1.59. The first kappa shape index (κ1) is 9.04. The van der Waals surface area contributed by atoms with Gasteiger partial charge >= 0.3 is 0 Å². The molecule has 1 aromatic rings. The van der Waals surface area contributed by atoms with Crippen LogP contribution in [0.5, 0.6) is 5.75 Å². The molecule has 0 bridgehead atoms. The lowest BCUT2D eigenvalue weighted by atomic mass is 10.1. The summed E-state index contributed by atoms with van der Waals surface area (Å²) in [5.41, 5.74) is 2.47. The molecule has 1 aromatic carbocycles. The summed E-state index contributed by atoms with van der Waals surface area (Å²) in [5, 5.41) is 0. The number of benzene rings is 1. The quantitative estimate of drug-likeness (QED) is 0.642. The molecule has 0 saturated carbocycles. The summed E-state index contributed by atoms with van der Waals surface area (Å²) in [6.45, 7) is 5.42. The Morgan fingerprint density at radius 3 is 3.20 bits per heavy atom. The van der Waals surface area contributed by atoms with Gasteiger partial charge in [-0.25, -0.2) is 0 Å². The highest BCUT2D eigenvalue weighted by atomic mass is 16.5. The summed E-state index contributed by atoms with van der Waals surface area (Å²) in [6.07, 6.45) is 0. The second kappa shape index (κ2) is 3.42. The molecule has 1 unspecified atom stereocenters. The Hall–Kier alpha value is -1.22. The minimum absolute atomic E-state index is 0.397. The number of ether oxygens (including phenoxy) is 2. The van der Waals surface area contributed by atoms with Crippen LogP contribution in [0.4, 0.5) is 5.69 Å². The summed E-state index contributed by atoms with van der Waals surface area (Å²) < 4.78 is 11.2. The van der Waals surface area contributed by atoms with E-state index in [9.17, 15) is 0 Å². The molecule has 3 heteroatoms. The number of hydrogen-bond donors (Lipinski definition) is 0. The Bertz CT molecular complexity index is 378. The average molecular weight is 205 g/mol. The molecule has 1 atom stereocenters. The van der Waals surface area contributed by atoms with E-state index >= 15 is 0 Å². The summed E-state index contributed by atoms with van der Waals surface area (Å²) in [7, 11) is 0. The fourth-order valence-corrected chi connectivity index (χ4v) is 2.27. The number of aryl methyl sites for hydroxylation is 1. The van der Waals surface area contributed by atoms with Crippen molar-refractivity contribution in [2.24, 2.45) is 0 Å². The third-order valence-corrected chi connectivity index (χ3v) is 3.08. The van der Waals surface area contributed by atoms with Crippen LogP contribution in [0, 0.1) is 6.92 Å². The van der Waals surface area contributed by atoms with Crippen molar-refractivity contribution in [3.05, 3.63) is 23.8 Å². The number of nitrogens with zero attached hydrogens (tertiary/aromatic N) is 1. The predicted molar refractivity (Wildman–Crippen MR) is 58.6 cm³/mol. The monoisotopic (exact) mass is 205 g/mol. The topological polar surface area (TPSA) is 21.7 Å². The molecule has 2 heterocycles. The zero-order valence-corrected chi connectivity index (χ0v) is 8.90. The highest BCUT2D eigenvalue weighted by Gasteiger charge is 2.29. The number of anilines is 1. The highest BCUT2D eigenvalue weighted by Crippen LogP contribution is 2.35. The Morgan fingerprint density at radius 1 is 1.33 bits per heavy atom. The maximum absolute atomic E-state index is 5.75. The molecule has 80 valence electrons. The largest absolute Gasteiger partial charge is 0.489 e. The van der Waals surface area contributed by atoms with Gasteiger partial charge in [0.25, 0.3) is 0 Å². The van der Waals surface area contributed by atoms with Crippen LogP contribution in [0.25, 0.3) is 0 Å². The normalized spacial score (nSPS) is 24.1. The van der Waals surface area contributed by atoms with E-state index in [4.69, 9.17) is 9.47 Å². The van der Waals surface area contributed by atoms with Crippen molar-refractivity contribution in [1.82, 2.24) is 0 Å². The maximum Gasteiger partial charge on any atom is 0.142 e. The van der Waals surface area contributed by atoms with Gasteiger partial charge in [0.15, 0.2) is 0 Å². The molecule has 0 spiro atoms. The third-order valence-electron chi connectivity index (χ3n) is 3.08. The zero-order valence-electron chi connectivity index (χ0n) is 8.90. The minimum atomic E-state index is 0.397. The van der Waals surface area contributed by atoms with Crippen molar-refractivity contribution < 1.29 is 9.47 Å². The second-order valence-electron chi connectivity index (χ2n) is 4.20. The molecule has 15 heavy (non-hydrogen) atoms. The molecule has 2 aliphatic rings. The fraction of sp³-hybridized carbons (Fsp3) is 0.500. The van der Waals surface area contributed by atoms with Gasteiger partial charge in [-0.1, -0.05) is 6.07 Å². The number of fused-ring (bicyclic) bond motifs is 3. The Balaban J connectivity index is 1.99. The molecule has 0 radical (unpaired) electrons. The molecule has 1 saturated heterocycles. The first-order valence-corrected chi connectivity index (χ1v) is 5.42. The molecule has 0 aromatic heterocycles. The zero-order chi connectivity index (χ0) is 10.3. The van der Waals surface area contributed by atoms with Crippen molar-refractivity contribution in [2.75, 3.05) is 31.3 Å². The molecular formula is C12H15NO2. The lowest BCUT2D eigenvalue weighted by Gasteiger charge is -2.41. The molecule has 3 nitrogen and oxygen atoms in total. The van der Waals surface area contributed by atoms with Crippen molar-refractivity contribution in [1.29, 1.82) is 0 Å². The van der Waals surface area contributed by atoms with Crippen LogP contribution >= 0.6 is 0 Å². The summed E-state index contributed by atoms with van der Waals surface area (Å²) in [6, 6.07) is 6.80. The van der Waals surface area contributed by atoms with Gasteiger partial charge in [0.1, 0.15) is 12.4 Å². The standard InChI is InChI=1S/C12H15NO2/c1-9-2-3-11-12(6-9)15-8-10-7-14-5-4-13(10)11/h2-3,6,10H,4-5,7-8H2,1H3. The molecule has 2 aliphatic heterocycles. The second-order valence-corrected chi connectivity index (χ2v) is 4.20. The van der Waals surface area contributed by atoms with E-state index in [1.54, 1.807) is 0 Å². The van der Waals surface area contributed by atoms with Gasteiger partial charge in [0, 0.05) is 6.54 Å². The van der Waals surface area contributed by atoms with Gasteiger partial charge in [0.05, 0.1) is 24.9 Å². The molecule has 1 fully saturated rings. The Kier molecular flexibility index (Phi) is 2.06. The van der Waals surface area contributed by atoms with E-state index in [-0.39, 0.29) is 0 Å². The van der Waals surface area contributed by atoms with Crippen LogP contribution < -0.4 is 9.64 Å². The minimum Gasteiger partial charge on any atom is -0.489 e. The van der Waals surface area contributed by atoms with Gasteiger partial charge in [0.2, 0.25) is 0 Å². The average Bonchev–Trinajstić information content (AvgIpc) is 2.28. The summed E-state index contributed by atoms with van der Waals surface area (Å²) in [5.74, 6) is 1.02. The van der Waals surface area contributed by atoms with Crippen LogP contribution in [-0.4, -0.2) is 32.4 Å². The number of morpholine rings is 1. The Labute approximate surface area is 89.6 Å². The van der Waals surface area contributed by atoms with Crippen LogP contribution in [0.3, 0.4) is 0 Å². The summed E-state index contributed by atoms with van der Waals surface area (Å²) in [4.78, 5) is 2.40. The molecule has 0 N–H and O–H groups in total. The van der Waals surface area contributed by atoms with Crippen LogP contribution in [-0.2, 0) is 4.74 Å². The number of rotatable bonds is 0. The Morgan fingerprint density at radius 2 is 2.27 bits per heavy atom. The van der Waals surface area contributed by atoms with E-state index in [2.05, 4.69) is 30.0 Å². The van der Waals surface area contributed by atoms with E-state index in [0.29, 0.717) is 6.04 Å². The fourth-order valence-electron chi connectivity index (χ4n) is 2.27. The van der Waals surface area contributed by atoms with Crippen LogP contribution in [0.1, 0.15) is 5.56 Å².